The Morgan fingerprint density at radius 2 is 2.18 bits per heavy atom. The molecule has 5 rings (SSSR count). The molecule has 0 aliphatic carbocycles. The number of aryl methyl sites for hydroxylation is 4. The van der Waals surface area contributed by atoms with Gasteiger partial charge in [0.25, 0.3) is 0 Å². The summed E-state index contributed by atoms with van der Waals surface area (Å²) in [5.41, 5.74) is 5.01. The molecule has 0 radical (unpaired) electrons. The Labute approximate surface area is 196 Å². The van der Waals surface area contributed by atoms with Gasteiger partial charge in [-0.25, -0.2) is 9.97 Å². The molecule has 1 aliphatic heterocycles. The first-order chi connectivity index (χ1) is 16.0. The van der Waals surface area contributed by atoms with Crippen LogP contribution in [-0.2, 0) is 19.9 Å². The van der Waals surface area contributed by atoms with Crippen LogP contribution < -0.4 is 10.1 Å². The molecule has 33 heavy (non-hydrogen) atoms. The van der Waals surface area contributed by atoms with E-state index in [1.54, 1.807) is 28.4 Å². The Morgan fingerprint density at radius 3 is 2.97 bits per heavy atom. The van der Waals surface area contributed by atoms with Crippen molar-refractivity contribution in [3.63, 3.8) is 0 Å². The van der Waals surface area contributed by atoms with Crippen molar-refractivity contribution in [3.8, 4) is 17.0 Å². The smallest absolute Gasteiger partial charge is 0.227 e. The molecule has 7 nitrogen and oxygen atoms in total. The van der Waals surface area contributed by atoms with Crippen molar-refractivity contribution in [2.75, 3.05) is 11.9 Å². The molecule has 3 aromatic heterocycles. The molecule has 0 atom stereocenters. The molecule has 4 heterocycles. The van der Waals surface area contributed by atoms with E-state index in [0.717, 1.165) is 52.6 Å². The third-order valence-corrected chi connectivity index (χ3v) is 6.94. The van der Waals surface area contributed by atoms with Gasteiger partial charge in [-0.3, -0.25) is 9.48 Å². The zero-order chi connectivity index (χ0) is 22.8. The summed E-state index contributed by atoms with van der Waals surface area (Å²) in [5, 5.41) is 7.33. The molecule has 0 unspecified atom stereocenters. The van der Waals surface area contributed by atoms with Crippen LogP contribution in [0.25, 0.3) is 11.3 Å². The van der Waals surface area contributed by atoms with Gasteiger partial charge in [0.1, 0.15) is 5.75 Å². The maximum Gasteiger partial charge on any atom is 0.227 e. The molecule has 0 amide bonds. The van der Waals surface area contributed by atoms with Crippen molar-refractivity contribution in [2.45, 2.75) is 32.6 Å². The summed E-state index contributed by atoms with van der Waals surface area (Å²) in [6, 6.07) is 10.1. The van der Waals surface area contributed by atoms with E-state index in [1.165, 1.54) is 10.4 Å². The number of nitrogens with one attached hydrogen (secondary N) is 1. The molecular weight excluding hydrogens is 434 g/mol. The summed E-state index contributed by atoms with van der Waals surface area (Å²) in [6.07, 6.45) is 8.59. The van der Waals surface area contributed by atoms with Gasteiger partial charge < -0.3 is 10.1 Å². The van der Waals surface area contributed by atoms with E-state index in [9.17, 15) is 4.79 Å². The SMILES string of the molecule is Cc1cc(-c2ccnc(Nc3cnn(C)c3)n2)ccc1CCC(=O)c1cc2c(s1)CCCO2. The van der Waals surface area contributed by atoms with Crippen LogP contribution in [0.4, 0.5) is 11.6 Å². The van der Waals surface area contributed by atoms with E-state index in [0.29, 0.717) is 18.8 Å². The largest absolute Gasteiger partial charge is 0.492 e. The molecule has 1 aliphatic rings. The van der Waals surface area contributed by atoms with E-state index in [2.05, 4.69) is 45.5 Å². The number of fused-ring (bicyclic) bond motifs is 1. The van der Waals surface area contributed by atoms with Crippen molar-refractivity contribution in [1.82, 2.24) is 19.7 Å². The number of anilines is 2. The number of carbonyl (C=O) groups is 1. The van der Waals surface area contributed by atoms with Gasteiger partial charge in [0.05, 0.1) is 29.1 Å². The molecule has 8 heteroatoms. The van der Waals surface area contributed by atoms with Crippen LogP contribution in [0.3, 0.4) is 0 Å². The number of Topliss-reactive ketones (excluding diaryl/α,β-unsaturated/α-hetero) is 1. The summed E-state index contributed by atoms with van der Waals surface area (Å²) < 4.78 is 7.39. The molecule has 0 bridgehead atoms. The second kappa shape index (κ2) is 9.15. The fourth-order valence-electron chi connectivity index (χ4n) is 3.96. The minimum absolute atomic E-state index is 0.184. The standard InChI is InChI=1S/C25H25N5O2S/c1-16-12-18(20-9-10-26-25(29-20)28-19-14-27-30(2)15-19)6-5-17(16)7-8-21(31)24-13-22-23(33-24)4-3-11-32-22/h5-6,9-10,12-15H,3-4,7-8,11H2,1-2H3,(H,26,28,29). The van der Waals surface area contributed by atoms with Crippen molar-refractivity contribution >= 4 is 28.8 Å². The third kappa shape index (κ3) is 4.80. The van der Waals surface area contributed by atoms with Crippen LogP contribution in [0.15, 0.2) is 48.9 Å². The Morgan fingerprint density at radius 1 is 1.27 bits per heavy atom. The van der Waals surface area contributed by atoms with E-state index >= 15 is 0 Å². The van der Waals surface area contributed by atoms with Gasteiger partial charge in [0, 0.05) is 42.4 Å². The maximum atomic E-state index is 12.7. The summed E-state index contributed by atoms with van der Waals surface area (Å²) in [5.74, 6) is 1.61. The molecule has 0 saturated carbocycles. The number of ketones is 1. The van der Waals surface area contributed by atoms with Gasteiger partial charge in [-0.1, -0.05) is 12.1 Å². The summed E-state index contributed by atoms with van der Waals surface area (Å²) >= 11 is 1.59. The van der Waals surface area contributed by atoms with Crippen molar-refractivity contribution < 1.29 is 9.53 Å². The normalized spacial score (nSPS) is 12.8. The Bertz CT molecular complexity index is 1290. The number of rotatable bonds is 7. The minimum atomic E-state index is 0.184. The maximum absolute atomic E-state index is 12.7. The predicted molar refractivity (Wildman–Crippen MR) is 129 cm³/mol. The summed E-state index contributed by atoms with van der Waals surface area (Å²) in [7, 11) is 1.86. The van der Waals surface area contributed by atoms with Crippen LogP contribution in [0.5, 0.6) is 5.75 Å². The van der Waals surface area contributed by atoms with E-state index in [-0.39, 0.29) is 5.78 Å². The first-order valence-corrected chi connectivity index (χ1v) is 11.8. The number of hydrogen-bond acceptors (Lipinski definition) is 7. The number of benzene rings is 1. The number of carbonyl (C=O) groups excluding carboxylic acids is 1. The number of thiophene rings is 1. The highest BCUT2D eigenvalue weighted by molar-refractivity contribution is 7.14. The molecule has 0 fully saturated rings. The highest BCUT2D eigenvalue weighted by Crippen LogP contribution is 2.34. The lowest BCUT2D eigenvalue weighted by atomic mass is 9.98. The van der Waals surface area contributed by atoms with Gasteiger partial charge in [-0.15, -0.1) is 11.3 Å². The van der Waals surface area contributed by atoms with Crippen LogP contribution in [0, 0.1) is 6.92 Å². The number of ether oxygens (including phenoxy) is 1. The third-order valence-electron chi connectivity index (χ3n) is 5.73. The Kier molecular flexibility index (Phi) is 5.92. The molecule has 0 saturated heterocycles. The molecular formula is C25H25N5O2S. The number of aromatic nitrogens is 4. The zero-order valence-electron chi connectivity index (χ0n) is 18.7. The second-order valence-corrected chi connectivity index (χ2v) is 9.34. The lowest BCUT2D eigenvalue weighted by Gasteiger charge is -2.11. The molecule has 1 N–H and O–H groups in total. The van der Waals surface area contributed by atoms with Crippen LogP contribution in [-0.4, -0.2) is 32.1 Å². The quantitative estimate of drug-likeness (QED) is 0.386. The fraction of sp³-hybridized carbons (Fsp3) is 0.280. The Hall–Kier alpha value is -3.52. The predicted octanol–water partition coefficient (Wildman–Crippen LogP) is 5.13. The summed E-state index contributed by atoms with van der Waals surface area (Å²) in [4.78, 5) is 23.7. The van der Waals surface area contributed by atoms with Gasteiger partial charge >= 0.3 is 0 Å². The second-order valence-electron chi connectivity index (χ2n) is 8.21. The average molecular weight is 460 g/mol. The molecule has 1 aromatic carbocycles. The molecule has 4 aromatic rings. The monoisotopic (exact) mass is 459 g/mol. The van der Waals surface area contributed by atoms with Gasteiger partial charge in [-0.05, 0) is 49.4 Å². The fourth-order valence-corrected chi connectivity index (χ4v) is 5.07. The highest BCUT2D eigenvalue weighted by Gasteiger charge is 2.18. The van der Waals surface area contributed by atoms with Gasteiger partial charge in [0.15, 0.2) is 5.78 Å². The Balaban J connectivity index is 1.26. The van der Waals surface area contributed by atoms with E-state index < -0.39 is 0 Å². The van der Waals surface area contributed by atoms with Gasteiger partial charge in [0.2, 0.25) is 5.95 Å². The van der Waals surface area contributed by atoms with E-state index in [4.69, 9.17) is 4.74 Å². The average Bonchev–Trinajstić information content (AvgIpc) is 3.44. The lowest BCUT2D eigenvalue weighted by molar-refractivity contribution is 0.0986. The summed E-state index contributed by atoms with van der Waals surface area (Å²) in [6.45, 7) is 2.83. The first kappa shape index (κ1) is 21.3. The van der Waals surface area contributed by atoms with Crippen molar-refractivity contribution in [2.24, 2.45) is 7.05 Å². The molecule has 168 valence electrons. The van der Waals surface area contributed by atoms with Gasteiger partial charge in [-0.2, -0.15) is 5.10 Å². The van der Waals surface area contributed by atoms with Crippen molar-refractivity contribution in [3.05, 3.63) is 69.8 Å². The highest BCUT2D eigenvalue weighted by atomic mass is 32.1. The van der Waals surface area contributed by atoms with Crippen molar-refractivity contribution in [1.29, 1.82) is 0 Å². The van der Waals surface area contributed by atoms with Crippen LogP contribution in [0.1, 0.15) is 38.5 Å². The van der Waals surface area contributed by atoms with Crippen LogP contribution in [0.2, 0.25) is 0 Å². The number of nitrogens with zero attached hydrogens (tertiary/aromatic N) is 4. The first-order valence-electron chi connectivity index (χ1n) is 11.0. The molecule has 0 spiro atoms. The van der Waals surface area contributed by atoms with E-state index in [1.807, 2.05) is 25.4 Å². The number of hydrogen-bond donors (Lipinski definition) is 1. The topological polar surface area (TPSA) is 81.9 Å². The minimum Gasteiger partial charge on any atom is -0.492 e. The van der Waals surface area contributed by atoms with Crippen LogP contribution >= 0.6 is 11.3 Å². The zero-order valence-corrected chi connectivity index (χ0v) is 19.5. The lowest BCUT2D eigenvalue weighted by Crippen LogP contribution is -2.04.